The normalized spacial score (nSPS) is 13.4. The summed E-state index contributed by atoms with van der Waals surface area (Å²) in [7, 11) is 0. The van der Waals surface area contributed by atoms with Gasteiger partial charge in [0.2, 0.25) is 0 Å². The lowest BCUT2D eigenvalue weighted by Gasteiger charge is -2.11. The summed E-state index contributed by atoms with van der Waals surface area (Å²) in [5.41, 5.74) is 1.88. The fourth-order valence-corrected chi connectivity index (χ4v) is 1.62. The lowest BCUT2D eigenvalue weighted by Crippen LogP contribution is -2.09. The molecule has 0 aliphatic carbocycles. The maximum Gasteiger partial charge on any atom is 0.441 e. The van der Waals surface area contributed by atoms with Crippen LogP contribution in [0.3, 0.4) is 0 Å². The van der Waals surface area contributed by atoms with Crippen molar-refractivity contribution in [2.24, 2.45) is 5.73 Å². The van der Waals surface area contributed by atoms with E-state index in [1.54, 1.807) is 13.0 Å². The summed E-state index contributed by atoms with van der Waals surface area (Å²) in [4.78, 5) is 0. The van der Waals surface area contributed by atoms with Crippen LogP contribution >= 0.6 is 11.8 Å². The van der Waals surface area contributed by atoms with Crippen LogP contribution in [0.4, 0.5) is 17.6 Å². The molecule has 1 aromatic rings. The molecule has 0 aromatic heterocycles. The van der Waals surface area contributed by atoms with Crippen molar-refractivity contribution in [3.63, 3.8) is 0 Å². The number of thioether (sulfide) groups is 1. The molecule has 18 heavy (non-hydrogen) atoms. The van der Waals surface area contributed by atoms with E-state index in [2.05, 4.69) is 0 Å². The number of hydrogen-bond acceptors (Lipinski definition) is 3. The van der Waals surface area contributed by atoms with Crippen molar-refractivity contribution in [1.29, 1.82) is 0 Å². The second kappa shape index (κ2) is 6.29. The summed E-state index contributed by atoms with van der Waals surface area (Å²) >= 11 is -0.201. The SMILES string of the molecule is CC(N)c1ccc(OCCSC(F)(F)F)c(F)c1. The van der Waals surface area contributed by atoms with Crippen molar-refractivity contribution < 1.29 is 22.3 Å². The maximum atomic E-state index is 13.5. The Balaban J connectivity index is 2.48. The molecule has 0 amide bonds. The van der Waals surface area contributed by atoms with Gasteiger partial charge in [-0.15, -0.1) is 0 Å². The highest BCUT2D eigenvalue weighted by Gasteiger charge is 2.27. The molecule has 0 fully saturated rings. The molecule has 0 spiro atoms. The summed E-state index contributed by atoms with van der Waals surface area (Å²) in [6.07, 6.45) is 0. The van der Waals surface area contributed by atoms with E-state index >= 15 is 0 Å². The zero-order valence-electron chi connectivity index (χ0n) is 9.63. The highest BCUT2D eigenvalue weighted by atomic mass is 32.2. The van der Waals surface area contributed by atoms with Crippen LogP contribution in [0.1, 0.15) is 18.5 Å². The largest absolute Gasteiger partial charge is 0.490 e. The lowest BCUT2D eigenvalue weighted by molar-refractivity contribution is -0.0329. The van der Waals surface area contributed by atoms with E-state index in [-0.39, 0.29) is 35.9 Å². The Bertz CT molecular complexity index is 395. The molecule has 1 atom stereocenters. The summed E-state index contributed by atoms with van der Waals surface area (Å²) in [6.45, 7) is 1.49. The topological polar surface area (TPSA) is 35.2 Å². The van der Waals surface area contributed by atoms with Crippen LogP contribution in [-0.4, -0.2) is 17.9 Å². The van der Waals surface area contributed by atoms with Gasteiger partial charge in [-0.1, -0.05) is 6.07 Å². The van der Waals surface area contributed by atoms with Crippen LogP contribution in [0.5, 0.6) is 5.75 Å². The first-order valence-corrected chi connectivity index (χ1v) is 6.16. The summed E-state index contributed by atoms with van der Waals surface area (Å²) in [6, 6.07) is 3.86. The Morgan fingerprint density at radius 3 is 2.56 bits per heavy atom. The quantitative estimate of drug-likeness (QED) is 0.664. The van der Waals surface area contributed by atoms with E-state index in [1.165, 1.54) is 12.1 Å². The predicted molar refractivity (Wildman–Crippen MR) is 63.0 cm³/mol. The molecule has 0 saturated heterocycles. The smallest absolute Gasteiger partial charge is 0.441 e. The van der Waals surface area contributed by atoms with E-state index in [9.17, 15) is 17.6 Å². The molecule has 0 heterocycles. The van der Waals surface area contributed by atoms with Crippen LogP contribution in [-0.2, 0) is 0 Å². The maximum absolute atomic E-state index is 13.5. The van der Waals surface area contributed by atoms with Crippen LogP contribution in [0, 0.1) is 5.82 Å². The molecule has 0 aliphatic heterocycles. The first-order valence-electron chi connectivity index (χ1n) is 5.18. The van der Waals surface area contributed by atoms with Gasteiger partial charge in [-0.25, -0.2) is 4.39 Å². The van der Waals surface area contributed by atoms with Crippen molar-refractivity contribution in [3.8, 4) is 5.75 Å². The number of alkyl halides is 3. The van der Waals surface area contributed by atoms with Crippen molar-refractivity contribution >= 4 is 11.8 Å². The second-order valence-electron chi connectivity index (χ2n) is 3.62. The molecule has 0 saturated carbocycles. The zero-order chi connectivity index (χ0) is 13.8. The Morgan fingerprint density at radius 2 is 2.06 bits per heavy atom. The van der Waals surface area contributed by atoms with E-state index in [1.807, 2.05) is 0 Å². The van der Waals surface area contributed by atoms with E-state index in [0.29, 0.717) is 5.56 Å². The zero-order valence-corrected chi connectivity index (χ0v) is 10.4. The number of hydrogen-bond donors (Lipinski definition) is 1. The Hall–Kier alpha value is -0.950. The van der Waals surface area contributed by atoms with Crippen molar-refractivity contribution in [3.05, 3.63) is 29.6 Å². The highest BCUT2D eigenvalue weighted by Crippen LogP contribution is 2.30. The average Bonchev–Trinajstić information content (AvgIpc) is 2.24. The van der Waals surface area contributed by atoms with Crippen molar-refractivity contribution in [2.45, 2.75) is 18.5 Å². The molecule has 1 aromatic carbocycles. The third-order valence-electron chi connectivity index (χ3n) is 2.09. The predicted octanol–water partition coefficient (Wildman–Crippen LogP) is 3.48. The van der Waals surface area contributed by atoms with Gasteiger partial charge in [0, 0.05) is 11.8 Å². The monoisotopic (exact) mass is 283 g/mol. The summed E-state index contributed by atoms with van der Waals surface area (Å²) < 4.78 is 53.9. The minimum Gasteiger partial charge on any atom is -0.490 e. The molecule has 102 valence electrons. The summed E-state index contributed by atoms with van der Waals surface area (Å²) in [5.74, 6) is -0.971. The van der Waals surface area contributed by atoms with Gasteiger partial charge in [-0.05, 0) is 36.4 Å². The number of rotatable bonds is 5. The Kier molecular flexibility index (Phi) is 5.28. The first-order chi connectivity index (χ1) is 8.29. The van der Waals surface area contributed by atoms with Gasteiger partial charge in [-0.2, -0.15) is 13.2 Å². The first kappa shape index (κ1) is 15.1. The average molecular weight is 283 g/mol. The highest BCUT2D eigenvalue weighted by molar-refractivity contribution is 8.00. The number of halogens is 4. The molecule has 7 heteroatoms. The summed E-state index contributed by atoms with van der Waals surface area (Å²) in [5, 5.41) is 0. The van der Waals surface area contributed by atoms with Gasteiger partial charge in [-0.3, -0.25) is 0 Å². The minimum atomic E-state index is -4.29. The molecular formula is C11H13F4NOS. The van der Waals surface area contributed by atoms with Crippen LogP contribution in [0.15, 0.2) is 18.2 Å². The number of nitrogens with two attached hydrogens (primary N) is 1. The Morgan fingerprint density at radius 1 is 1.39 bits per heavy atom. The molecule has 2 nitrogen and oxygen atoms in total. The third kappa shape index (κ3) is 5.14. The van der Waals surface area contributed by atoms with Gasteiger partial charge < -0.3 is 10.5 Å². The molecule has 2 N–H and O–H groups in total. The molecule has 0 bridgehead atoms. The fraction of sp³-hybridized carbons (Fsp3) is 0.455. The molecule has 1 rings (SSSR count). The van der Waals surface area contributed by atoms with E-state index < -0.39 is 11.3 Å². The van der Waals surface area contributed by atoms with Crippen molar-refractivity contribution in [2.75, 3.05) is 12.4 Å². The third-order valence-corrected chi connectivity index (χ3v) is 2.79. The van der Waals surface area contributed by atoms with E-state index in [0.717, 1.165) is 0 Å². The van der Waals surface area contributed by atoms with Gasteiger partial charge in [0.1, 0.15) is 0 Å². The fourth-order valence-electron chi connectivity index (χ4n) is 1.23. The van der Waals surface area contributed by atoms with Gasteiger partial charge in [0.05, 0.1) is 6.61 Å². The van der Waals surface area contributed by atoms with Crippen LogP contribution < -0.4 is 10.5 Å². The van der Waals surface area contributed by atoms with Crippen molar-refractivity contribution in [1.82, 2.24) is 0 Å². The van der Waals surface area contributed by atoms with Crippen LogP contribution in [0.25, 0.3) is 0 Å². The standard InChI is InChI=1S/C11H13F4NOS/c1-7(16)8-2-3-10(9(12)6-8)17-4-5-18-11(13,14)15/h2-3,6-7H,4-5,16H2,1H3. The van der Waals surface area contributed by atoms with Crippen LogP contribution in [0.2, 0.25) is 0 Å². The van der Waals surface area contributed by atoms with Gasteiger partial charge >= 0.3 is 5.51 Å². The number of ether oxygens (including phenoxy) is 1. The number of benzene rings is 1. The molecule has 0 aliphatic rings. The molecular weight excluding hydrogens is 270 g/mol. The minimum absolute atomic E-state index is 0.0674. The van der Waals surface area contributed by atoms with Gasteiger partial charge in [0.25, 0.3) is 0 Å². The van der Waals surface area contributed by atoms with E-state index in [4.69, 9.17) is 10.5 Å². The second-order valence-corrected chi connectivity index (χ2v) is 4.78. The lowest BCUT2D eigenvalue weighted by atomic mass is 10.1. The van der Waals surface area contributed by atoms with Gasteiger partial charge in [0.15, 0.2) is 11.6 Å². The molecule has 1 unspecified atom stereocenters. The molecule has 0 radical (unpaired) electrons. The Labute approximate surface area is 106 Å².